The molecule has 19 heavy (non-hydrogen) atoms. The smallest absolute Gasteiger partial charge is 0.285 e. The van der Waals surface area contributed by atoms with Crippen molar-refractivity contribution < 1.29 is 4.79 Å². The average Bonchev–Trinajstić information content (AvgIpc) is 3.14. The number of amides is 1. The zero-order valence-corrected chi connectivity index (χ0v) is 11.2. The lowest BCUT2D eigenvalue weighted by atomic mass is 10.0. The zero-order chi connectivity index (χ0) is 13.2. The van der Waals surface area contributed by atoms with Crippen molar-refractivity contribution in [3.05, 3.63) is 17.2 Å². The molecule has 1 aromatic rings. The van der Waals surface area contributed by atoms with Crippen molar-refractivity contribution in [2.24, 2.45) is 5.84 Å². The fourth-order valence-corrected chi connectivity index (χ4v) is 3.55. The second-order valence-electron chi connectivity index (χ2n) is 5.82. The molecule has 0 atom stereocenters. The number of aromatic amines is 1. The Hall–Kier alpha value is -1.36. The maximum atomic E-state index is 11.9. The Morgan fingerprint density at radius 3 is 2.26 bits per heavy atom. The van der Waals surface area contributed by atoms with Crippen molar-refractivity contribution in [2.75, 3.05) is 0 Å². The molecular weight excluding hydrogens is 240 g/mol. The highest BCUT2D eigenvalue weighted by Crippen LogP contribution is 2.38. The number of nitrogen functional groups attached to an aromatic ring is 1. The molecule has 0 spiro atoms. The highest BCUT2D eigenvalue weighted by atomic mass is 16.2. The number of hydrazine groups is 1. The van der Waals surface area contributed by atoms with Gasteiger partial charge in [-0.1, -0.05) is 25.7 Å². The molecular formula is C14H22N4O. The van der Waals surface area contributed by atoms with Crippen LogP contribution in [0.15, 0.2) is 0 Å². The van der Waals surface area contributed by atoms with Gasteiger partial charge in [0.2, 0.25) is 0 Å². The number of carbonyl (C=O) groups excluding carboxylic acids is 1. The molecule has 2 aliphatic rings. The Morgan fingerprint density at radius 2 is 1.68 bits per heavy atom. The van der Waals surface area contributed by atoms with Gasteiger partial charge in [-0.15, -0.1) is 0 Å². The third-order valence-corrected chi connectivity index (χ3v) is 4.60. The molecule has 2 aliphatic carbocycles. The number of hydrogen-bond donors (Lipinski definition) is 3. The molecule has 0 aromatic carbocycles. The third kappa shape index (κ3) is 2.39. The van der Waals surface area contributed by atoms with E-state index in [4.69, 9.17) is 5.84 Å². The van der Waals surface area contributed by atoms with Crippen LogP contribution < -0.4 is 11.3 Å². The molecule has 1 heterocycles. The SMILES string of the molecule is NNC(=O)c1nc(C2CCCC2)[nH]c1C1CCCC1. The number of nitrogens with two attached hydrogens (primary N) is 1. The Balaban J connectivity index is 1.92. The Morgan fingerprint density at radius 1 is 1.11 bits per heavy atom. The Labute approximate surface area is 113 Å². The summed E-state index contributed by atoms with van der Waals surface area (Å²) in [6.45, 7) is 0. The monoisotopic (exact) mass is 262 g/mol. The third-order valence-electron chi connectivity index (χ3n) is 4.60. The summed E-state index contributed by atoms with van der Waals surface area (Å²) in [5.74, 6) is 6.97. The second-order valence-corrected chi connectivity index (χ2v) is 5.82. The van der Waals surface area contributed by atoms with E-state index in [1.807, 2.05) is 0 Å². The van der Waals surface area contributed by atoms with E-state index < -0.39 is 0 Å². The number of H-pyrrole nitrogens is 1. The van der Waals surface area contributed by atoms with Crippen LogP contribution in [-0.4, -0.2) is 15.9 Å². The van der Waals surface area contributed by atoms with Gasteiger partial charge in [0, 0.05) is 11.8 Å². The van der Waals surface area contributed by atoms with Gasteiger partial charge in [0.15, 0.2) is 5.69 Å². The number of rotatable bonds is 3. The van der Waals surface area contributed by atoms with Gasteiger partial charge < -0.3 is 4.98 Å². The Kier molecular flexibility index (Phi) is 3.55. The summed E-state index contributed by atoms with van der Waals surface area (Å²) in [6.07, 6.45) is 9.68. The first-order valence-electron chi connectivity index (χ1n) is 7.40. The number of nitrogens with one attached hydrogen (secondary N) is 2. The first-order chi connectivity index (χ1) is 9.29. The van der Waals surface area contributed by atoms with Gasteiger partial charge in [-0.3, -0.25) is 10.2 Å². The summed E-state index contributed by atoms with van der Waals surface area (Å²) in [5, 5.41) is 0. The van der Waals surface area contributed by atoms with Crippen molar-refractivity contribution in [2.45, 2.75) is 63.2 Å². The number of aromatic nitrogens is 2. The molecule has 0 unspecified atom stereocenters. The fourth-order valence-electron chi connectivity index (χ4n) is 3.55. The van der Waals surface area contributed by atoms with E-state index in [1.54, 1.807) is 0 Å². The number of carbonyl (C=O) groups is 1. The molecule has 104 valence electrons. The maximum absolute atomic E-state index is 11.9. The lowest BCUT2D eigenvalue weighted by Gasteiger charge is -2.08. The van der Waals surface area contributed by atoms with Crippen molar-refractivity contribution in [1.82, 2.24) is 15.4 Å². The van der Waals surface area contributed by atoms with Gasteiger partial charge in [-0.05, 0) is 25.7 Å². The van der Waals surface area contributed by atoms with Crippen LogP contribution in [-0.2, 0) is 0 Å². The van der Waals surface area contributed by atoms with Gasteiger partial charge in [0.05, 0.1) is 5.69 Å². The summed E-state index contributed by atoms with van der Waals surface area (Å²) >= 11 is 0. The number of imidazole rings is 1. The van der Waals surface area contributed by atoms with Crippen LogP contribution in [0.4, 0.5) is 0 Å². The highest BCUT2D eigenvalue weighted by molar-refractivity contribution is 5.93. The van der Waals surface area contributed by atoms with E-state index in [1.165, 1.54) is 38.5 Å². The van der Waals surface area contributed by atoms with Crippen LogP contribution >= 0.6 is 0 Å². The normalized spacial score (nSPS) is 21.1. The molecule has 0 aliphatic heterocycles. The number of nitrogens with zero attached hydrogens (tertiary/aromatic N) is 1. The van der Waals surface area contributed by atoms with Crippen LogP contribution in [0.3, 0.4) is 0 Å². The summed E-state index contributed by atoms with van der Waals surface area (Å²) < 4.78 is 0. The average molecular weight is 262 g/mol. The predicted octanol–water partition coefficient (Wildman–Crippen LogP) is 2.33. The lowest BCUT2D eigenvalue weighted by Crippen LogP contribution is -2.31. The molecule has 0 radical (unpaired) electrons. The molecule has 2 saturated carbocycles. The minimum atomic E-state index is -0.262. The van der Waals surface area contributed by atoms with E-state index in [-0.39, 0.29) is 5.91 Å². The van der Waals surface area contributed by atoms with E-state index in [2.05, 4.69) is 15.4 Å². The summed E-state index contributed by atoms with van der Waals surface area (Å²) in [7, 11) is 0. The van der Waals surface area contributed by atoms with Crippen molar-refractivity contribution >= 4 is 5.91 Å². The topological polar surface area (TPSA) is 83.8 Å². The molecule has 2 fully saturated rings. The minimum absolute atomic E-state index is 0.262. The zero-order valence-electron chi connectivity index (χ0n) is 11.2. The van der Waals surface area contributed by atoms with E-state index >= 15 is 0 Å². The van der Waals surface area contributed by atoms with Crippen LogP contribution in [0.5, 0.6) is 0 Å². The van der Waals surface area contributed by atoms with Crippen LogP contribution in [0.25, 0.3) is 0 Å². The predicted molar refractivity (Wildman–Crippen MR) is 72.7 cm³/mol. The van der Waals surface area contributed by atoms with E-state index in [9.17, 15) is 4.79 Å². The van der Waals surface area contributed by atoms with Gasteiger partial charge in [0.1, 0.15) is 5.82 Å². The first kappa shape index (κ1) is 12.7. The second kappa shape index (κ2) is 5.33. The largest absolute Gasteiger partial charge is 0.345 e. The van der Waals surface area contributed by atoms with Crippen LogP contribution in [0.1, 0.15) is 85.2 Å². The van der Waals surface area contributed by atoms with Crippen LogP contribution in [0, 0.1) is 0 Å². The van der Waals surface area contributed by atoms with Crippen molar-refractivity contribution in [1.29, 1.82) is 0 Å². The molecule has 1 amide bonds. The fraction of sp³-hybridized carbons (Fsp3) is 0.714. The lowest BCUT2D eigenvalue weighted by molar-refractivity contribution is 0.0947. The molecule has 5 nitrogen and oxygen atoms in total. The first-order valence-corrected chi connectivity index (χ1v) is 7.40. The van der Waals surface area contributed by atoms with Crippen molar-refractivity contribution in [3.8, 4) is 0 Å². The minimum Gasteiger partial charge on any atom is -0.345 e. The van der Waals surface area contributed by atoms with Crippen LogP contribution in [0.2, 0.25) is 0 Å². The van der Waals surface area contributed by atoms with Gasteiger partial charge in [-0.25, -0.2) is 10.8 Å². The standard InChI is InChI=1S/C14H22N4O/c15-18-14(19)12-11(9-5-1-2-6-9)16-13(17-12)10-7-3-4-8-10/h9-10H,1-8,15H2,(H,16,17)(H,18,19). The molecule has 3 rings (SSSR count). The summed E-state index contributed by atoms with van der Waals surface area (Å²) in [5.41, 5.74) is 3.77. The molecule has 1 aromatic heterocycles. The number of hydrogen-bond acceptors (Lipinski definition) is 3. The highest BCUT2D eigenvalue weighted by Gasteiger charge is 2.29. The summed E-state index contributed by atoms with van der Waals surface area (Å²) in [6, 6.07) is 0. The summed E-state index contributed by atoms with van der Waals surface area (Å²) in [4.78, 5) is 19.9. The quantitative estimate of drug-likeness (QED) is 0.444. The molecule has 0 saturated heterocycles. The molecule has 0 bridgehead atoms. The van der Waals surface area contributed by atoms with Gasteiger partial charge in [-0.2, -0.15) is 0 Å². The van der Waals surface area contributed by atoms with E-state index in [0.717, 1.165) is 24.4 Å². The Bertz CT molecular complexity index is 456. The van der Waals surface area contributed by atoms with Gasteiger partial charge >= 0.3 is 0 Å². The molecule has 4 N–H and O–H groups in total. The van der Waals surface area contributed by atoms with Crippen molar-refractivity contribution in [3.63, 3.8) is 0 Å². The maximum Gasteiger partial charge on any atom is 0.285 e. The van der Waals surface area contributed by atoms with E-state index in [0.29, 0.717) is 17.5 Å². The molecule has 5 heteroatoms. The van der Waals surface area contributed by atoms with Gasteiger partial charge in [0.25, 0.3) is 5.91 Å².